The minimum atomic E-state index is 0.606. The normalized spacial score (nSPS) is 11.7. The third kappa shape index (κ3) is 5.52. The molecule has 3 aromatic heterocycles. The highest BCUT2D eigenvalue weighted by molar-refractivity contribution is 6.15. The van der Waals surface area contributed by atoms with Crippen LogP contribution in [0.1, 0.15) is 0 Å². The number of nitrogens with zero attached hydrogens (tertiary/aromatic N) is 5. The van der Waals surface area contributed by atoms with Gasteiger partial charge in [0.15, 0.2) is 17.5 Å². The first-order chi connectivity index (χ1) is 29.7. The van der Waals surface area contributed by atoms with Crippen LogP contribution in [0.25, 0.3) is 111 Å². The first-order valence-corrected chi connectivity index (χ1v) is 20.3. The van der Waals surface area contributed by atoms with Gasteiger partial charge in [-0.3, -0.25) is 0 Å². The van der Waals surface area contributed by atoms with E-state index in [-0.39, 0.29) is 0 Å². The molecule has 5 heteroatoms. The molecule has 0 N–H and O–H groups in total. The molecule has 0 saturated carbocycles. The Morgan fingerprint density at radius 2 is 0.783 bits per heavy atom. The predicted octanol–water partition coefficient (Wildman–Crippen LogP) is 13.9. The van der Waals surface area contributed by atoms with Gasteiger partial charge in [-0.2, -0.15) is 0 Å². The van der Waals surface area contributed by atoms with E-state index in [1.807, 2.05) is 18.2 Å². The molecule has 0 radical (unpaired) electrons. The molecule has 5 nitrogen and oxygen atoms in total. The van der Waals surface area contributed by atoms with E-state index in [0.29, 0.717) is 17.5 Å². The maximum Gasteiger partial charge on any atom is 0.164 e. The van der Waals surface area contributed by atoms with Crippen molar-refractivity contribution in [1.82, 2.24) is 24.1 Å². The Labute approximate surface area is 346 Å². The van der Waals surface area contributed by atoms with Crippen LogP contribution < -0.4 is 0 Å². The molecule has 280 valence electrons. The molecule has 0 atom stereocenters. The Balaban J connectivity index is 1.16. The van der Waals surface area contributed by atoms with Gasteiger partial charge in [-0.1, -0.05) is 164 Å². The summed E-state index contributed by atoms with van der Waals surface area (Å²) in [6.45, 7) is 0. The van der Waals surface area contributed by atoms with Crippen molar-refractivity contribution in [2.24, 2.45) is 0 Å². The van der Waals surface area contributed by atoms with E-state index in [0.717, 1.165) is 55.6 Å². The SMILES string of the molecule is c1ccc(-c2cc(-c3nc(-c4ccccc4)nc(-c4ccc5ccccc5c4)n3)cc(-n3c4ccccc4c4cccc(-n5c6ccccc6c6ccccc65)c43)c2)cc1. The minimum Gasteiger partial charge on any atom is -0.307 e. The highest BCUT2D eigenvalue weighted by atomic mass is 15.1. The summed E-state index contributed by atoms with van der Waals surface area (Å²) in [4.78, 5) is 15.6. The summed E-state index contributed by atoms with van der Waals surface area (Å²) >= 11 is 0. The van der Waals surface area contributed by atoms with Crippen molar-refractivity contribution >= 4 is 54.4 Å². The van der Waals surface area contributed by atoms with Gasteiger partial charge in [0, 0.05) is 43.9 Å². The molecule has 12 aromatic rings. The highest BCUT2D eigenvalue weighted by Gasteiger charge is 2.22. The summed E-state index contributed by atoms with van der Waals surface area (Å²) < 4.78 is 4.86. The van der Waals surface area contributed by atoms with Crippen LogP contribution >= 0.6 is 0 Å². The van der Waals surface area contributed by atoms with Gasteiger partial charge in [0.1, 0.15) is 0 Å². The van der Waals surface area contributed by atoms with Crippen molar-refractivity contribution < 1.29 is 0 Å². The molecular weight excluding hydrogens is 731 g/mol. The molecule has 0 amide bonds. The zero-order valence-electron chi connectivity index (χ0n) is 32.4. The van der Waals surface area contributed by atoms with E-state index in [9.17, 15) is 0 Å². The molecule has 9 aromatic carbocycles. The minimum absolute atomic E-state index is 0.606. The van der Waals surface area contributed by atoms with Gasteiger partial charge in [0.05, 0.1) is 27.8 Å². The van der Waals surface area contributed by atoms with Crippen molar-refractivity contribution in [3.63, 3.8) is 0 Å². The summed E-state index contributed by atoms with van der Waals surface area (Å²) in [6.07, 6.45) is 0. The van der Waals surface area contributed by atoms with Crippen LogP contribution in [-0.4, -0.2) is 24.1 Å². The Kier molecular flexibility index (Phi) is 7.78. The van der Waals surface area contributed by atoms with Crippen molar-refractivity contribution in [3.05, 3.63) is 212 Å². The van der Waals surface area contributed by atoms with E-state index < -0.39 is 0 Å². The fourth-order valence-corrected chi connectivity index (χ4v) is 8.98. The van der Waals surface area contributed by atoms with Gasteiger partial charge in [-0.25, -0.2) is 15.0 Å². The number of rotatable bonds is 6. The molecule has 0 aliphatic rings. The predicted molar refractivity (Wildman–Crippen MR) is 248 cm³/mol. The first-order valence-electron chi connectivity index (χ1n) is 20.3. The van der Waals surface area contributed by atoms with Crippen molar-refractivity contribution in [3.8, 4) is 56.7 Å². The van der Waals surface area contributed by atoms with Crippen molar-refractivity contribution in [2.75, 3.05) is 0 Å². The lowest BCUT2D eigenvalue weighted by Gasteiger charge is -2.17. The Hall–Kier alpha value is -8.15. The zero-order valence-corrected chi connectivity index (χ0v) is 32.4. The molecule has 0 aliphatic heterocycles. The quantitative estimate of drug-likeness (QED) is 0.169. The van der Waals surface area contributed by atoms with E-state index in [2.05, 4.69) is 203 Å². The molecule has 0 fully saturated rings. The summed E-state index contributed by atoms with van der Waals surface area (Å²) in [5.41, 5.74) is 11.6. The van der Waals surface area contributed by atoms with Crippen molar-refractivity contribution in [2.45, 2.75) is 0 Å². The Morgan fingerprint density at radius 1 is 0.283 bits per heavy atom. The molecule has 0 spiro atoms. The van der Waals surface area contributed by atoms with Crippen LogP contribution in [0.3, 0.4) is 0 Å². The fourth-order valence-electron chi connectivity index (χ4n) is 8.98. The van der Waals surface area contributed by atoms with Crippen LogP contribution in [0, 0.1) is 0 Å². The van der Waals surface area contributed by atoms with Crippen LogP contribution in [0.4, 0.5) is 0 Å². The van der Waals surface area contributed by atoms with E-state index in [1.54, 1.807) is 0 Å². The highest BCUT2D eigenvalue weighted by Crippen LogP contribution is 2.41. The van der Waals surface area contributed by atoms with Gasteiger partial charge in [-0.15, -0.1) is 0 Å². The second-order valence-electron chi connectivity index (χ2n) is 15.3. The lowest BCUT2D eigenvalue weighted by atomic mass is 10.0. The van der Waals surface area contributed by atoms with Crippen molar-refractivity contribution in [1.29, 1.82) is 0 Å². The first kappa shape index (κ1) is 33.9. The molecule has 3 heterocycles. The second-order valence-corrected chi connectivity index (χ2v) is 15.3. The summed E-state index contributed by atoms with van der Waals surface area (Å²) in [6, 6.07) is 75.2. The lowest BCUT2D eigenvalue weighted by molar-refractivity contribution is 1.07. The maximum atomic E-state index is 5.28. The number of hydrogen-bond acceptors (Lipinski definition) is 3. The van der Waals surface area contributed by atoms with Gasteiger partial charge in [-0.05, 0) is 70.4 Å². The number of benzene rings is 9. The maximum absolute atomic E-state index is 5.28. The lowest BCUT2D eigenvalue weighted by Crippen LogP contribution is -2.03. The topological polar surface area (TPSA) is 48.5 Å². The number of para-hydroxylation sites is 4. The van der Waals surface area contributed by atoms with Crippen LogP contribution in [0.5, 0.6) is 0 Å². The molecule has 60 heavy (non-hydrogen) atoms. The van der Waals surface area contributed by atoms with E-state index in [1.165, 1.54) is 38.0 Å². The largest absolute Gasteiger partial charge is 0.307 e. The molecule has 0 bridgehead atoms. The summed E-state index contributed by atoms with van der Waals surface area (Å²) in [5, 5.41) is 7.14. The van der Waals surface area contributed by atoms with E-state index >= 15 is 0 Å². The third-order valence-corrected chi connectivity index (χ3v) is 11.7. The monoisotopic (exact) mass is 765 g/mol. The van der Waals surface area contributed by atoms with E-state index in [4.69, 9.17) is 15.0 Å². The molecular formula is C55H35N5. The van der Waals surface area contributed by atoms with Crippen LogP contribution in [-0.2, 0) is 0 Å². The van der Waals surface area contributed by atoms with Gasteiger partial charge < -0.3 is 9.13 Å². The van der Waals surface area contributed by atoms with Gasteiger partial charge >= 0.3 is 0 Å². The number of aromatic nitrogens is 5. The zero-order chi connectivity index (χ0) is 39.6. The number of hydrogen-bond donors (Lipinski definition) is 0. The molecule has 0 unspecified atom stereocenters. The standard InChI is InChI=1S/C55H35N5/c1-3-16-36(17-4-1)41-33-42(55-57-53(38-19-5-2-6-20-38)56-54(58-55)40-31-30-37-18-7-8-21-39(37)32-40)35-43(34-41)59-48-26-12-11-24-46(48)47-25-15-29-51(52(47)59)60-49-27-13-9-22-44(49)45-23-10-14-28-50(45)60/h1-35H. The molecule has 12 rings (SSSR count). The average Bonchev–Trinajstić information content (AvgIpc) is 3.85. The molecule has 0 saturated heterocycles. The average molecular weight is 766 g/mol. The van der Waals surface area contributed by atoms with Crippen LogP contribution in [0.15, 0.2) is 212 Å². The second kappa shape index (κ2) is 13.8. The Morgan fingerprint density at radius 3 is 1.47 bits per heavy atom. The smallest absolute Gasteiger partial charge is 0.164 e. The molecule has 0 aliphatic carbocycles. The van der Waals surface area contributed by atoms with Gasteiger partial charge in [0.25, 0.3) is 0 Å². The summed E-state index contributed by atoms with van der Waals surface area (Å²) in [7, 11) is 0. The third-order valence-electron chi connectivity index (χ3n) is 11.7. The van der Waals surface area contributed by atoms with Crippen LogP contribution in [0.2, 0.25) is 0 Å². The fraction of sp³-hybridized carbons (Fsp3) is 0. The van der Waals surface area contributed by atoms with Gasteiger partial charge in [0.2, 0.25) is 0 Å². The Bertz CT molecular complexity index is 3550. The number of fused-ring (bicyclic) bond motifs is 7. The summed E-state index contributed by atoms with van der Waals surface area (Å²) in [5.74, 6) is 1.86.